The molecule has 2 aromatic rings. The van der Waals surface area contributed by atoms with Crippen LogP contribution in [-0.2, 0) is 6.42 Å². The van der Waals surface area contributed by atoms with E-state index in [1.807, 2.05) is 12.1 Å². The number of nitrogens with one attached hydrogen (secondary N) is 1. The molecule has 88 valence electrons. The molecule has 0 bridgehead atoms. The Bertz CT molecular complexity index is 558. The third-order valence-electron chi connectivity index (χ3n) is 2.54. The molecule has 0 fully saturated rings. The predicted octanol–water partition coefficient (Wildman–Crippen LogP) is 2.64. The van der Waals surface area contributed by atoms with Gasteiger partial charge in [-0.1, -0.05) is 32.0 Å². The lowest BCUT2D eigenvalue weighted by Crippen LogP contribution is -2.04. The Morgan fingerprint density at radius 3 is 2.82 bits per heavy atom. The van der Waals surface area contributed by atoms with E-state index in [0.29, 0.717) is 5.92 Å². The highest BCUT2D eigenvalue weighted by Crippen LogP contribution is 2.18. The van der Waals surface area contributed by atoms with Gasteiger partial charge in [-0.3, -0.25) is 4.79 Å². The van der Waals surface area contributed by atoms with Crippen LogP contribution >= 0.6 is 0 Å². The van der Waals surface area contributed by atoms with Crippen molar-refractivity contribution >= 4 is 0 Å². The van der Waals surface area contributed by atoms with E-state index >= 15 is 0 Å². The Kier molecular flexibility index (Phi) is 3.38. The Labute approximate surface area is 101 Å². The molecule has 0 unspecified atom stereocenters. The SMILES string of the molecule is CC(C)Cc1cccc(-c2cc(=O)[nH]cn2)c1. The smallest absolute Gasteiger partial charge is 0.251 e. The van der Waals surface area contributed by atoms with Gasteiger partial charge >= 0.3 is 0 Å². The number of H-pyrrole nitrogens is 1. The van der Waals surface area contributed by atoms with Gasteiger partial charge in [-0.15, -0.1) is 0 Å². The molecule has 0 aliphatic carbocycles. The molecule has 0 aliphatic rings. The molecule has 17 heavy (non-hydrogen) atoms. The first kappa shape index (κ1) is 11.6. The van der Waals surface area contributed by atoms with E-state index in [0.717, 1.165) is 17.7 Å². The van der Waals surface area contributed by atoms with E-state index in [2.05, 4.69) is 35.9 Å². The van der Waals surface area contributed by atoms with Gasteiger partial charge in [0.05, 0.1) is 12.0 Å². The van der Waals surface area contributed by atoms with Crippen molar-refractivity contribution in [2.24, 2.45) is 5.92 Å². The molecule has 0 aliphatic heterocycles. The zero-order valence-electron chi connectivity index (χ0n) is 10.1. The molecule has 3 heteroatoms. The maximum absolute atomic E-state index is 11.2. The van der Waals surface area contributed by atoms with Crippen molar-refractivity contribution in [3.05, 3.63) is 52.6 Å². The Morgan fingerprint density at radius 2 is 2.12 bits per heavy atom. The van der Waals surface area contributed by atoms with Gasteiger partial charge in [-0.2, -0.15) is 0 Å². The molecular weight excluding hydrogens is 212 g/mol. The first-order valence-corrected chi connectivity index (χ1v) is 5.79. The molecule has 0 spiro atoms. The van der Waals surface area contributed by atoms with Gasteiger partial charge < -0.3 is 4.98 Å². The minimum Gasteiger partial charge on any atom is -0.313 e. The van der Waals surface area contributed by atoms with E-state index in [-0.39, 0.29) is 5.56 Å². The minimum atomic E-state index is -0.121. The summed E-state index contributed by atoms with van der Waals surface area (Å²) in [7, 11) is 0. The minimum absolute atomic E-state index is 0.121. The lowest BCUT2D eigenvalue weighted by Gasteiger charge is -2.06. The summed E-state index contributed by atoms with van der Waals surface area (Å²) >= 11 is 0. The van der Waals surface area contributed by atoms with Gasteiger partial charge in [0.15, 0.2) is 0 Å². The molecule has 0 radical (unpaired) electrons. The molecule has 1 heterocycles. The van der Waals surface area contributed by atoms with Crippen LogP contribution in [0.1, 0.15) is 19.4 Å². The molecule has 0 amide bonds. The molecular formula is C14H16N2O. The van der Waals surface area contributed by atoms with E-state index in [4.69, 9.17) is 0 Å². The van der Waals surface area contributed by atoms with Crippen molar-refractivity contribution in [3.8, 4) is 11.3 Å². The maximum Gasteiger partial charge on any atom is 0.251 e. The fourth-order valence-electron chi connectivity index (χ4n) is 1.86. The zero-order valence-corrected chi connectivity index (χ0v) is 10.1. The summed E-state index contributed by atoms with van der Waals surface area (Å²) in [5.74, 6) is 0.623. The fourth-order valence-corrected chi connectivity index (χ4v) is 1.86. The van der Waals surface area contributed by atoms with Crippen molar-refractivity contribution in [2.75, 3.05) is 0 Å². The Hall–Kier alpha value is -1.90. The molecule has 2 rings (SSSR count). The third-order valence-corrected chi connectivity index (χ3v) is 2.54. The topological polar surface area (TPSA) is 45.8 Å². The number of hydrogen-bond acceptors (Lipinski definition) is 2. The lowest BCUT2D eigenvalue weighted by atomic mass is 10.00. The summed E-state index contributed by atoms with van der Waals surface area (Å²) in [6.07, 6.45) is 2.48. The van der Waals surface area contributed by atoms with Crippen LogP contribution in [0, 0.1) is 5.92 Å². The van der Waals surface area contributed by atoms with Crippen LogP contribution < -0.4 is 5.56 Å². The lowest BCUT2D eigenvalue weighted by molar-refractivity contribution is 0.647. The summed E-state index contributed by atoms with van der Waals surface area (Å²) in [5.41, 5.74) is 2.87. The standard InChI is InChI=1S/C14H16N2O/c1-10(2)6-11-4-3-5-12(7-11)13-8-14(17)16-9-15-13/h3-5,7-10H,6H2,1-2H3,(H,15,16,17). The van der Waals surface area contributed by atoms with Crippen LogP contribution in [0.15, 0.2) is 41.5 Å². The van der Waals surface area contributed by atoms with Gasteiger partial charge in [0.1, 0.15) is 0 Å². The molecule has 1 N–H and O–H groups in total. The summed E-state index contributed by atoms with van der Waals surface area (Å²) in [6, 6.07) is 9.72. The molecule has 0 saturated carbocycles. The van der Waals surface area contributed by atoms with Gasteiger partial charge in [-0.25, -0.2) is 4.98 Å². The molecule has 0 atom stereocenters. The van der Waals surface area contributed by atoms with E-state index in [9.17, 15) is 4.79 Å². The first-order valence-electron chi connectivity index (χ1n) is 5.79. The normalized spacial score (nSPS) is 10.8. The highest BCUT2D eigenvalue weighted by atomic mass is 16.1. The third kappa shape index (κ3) is 3.03. The van der Waals surface area contributed by atoms with Crippen LogP contribution in [0.3, 0.4) is 0 Å². The van der Waals surface area contributed by atoms with E-state index in [1.54, 1.807) is 0 Å². The van der Waals surface area contributed by atoms with Crippen molar-refractivity contribution in [3.63, 3.8) is 0 Å². The fraction of sp³-hybridized carbons (Fsp3) is 0.286. The number of benzene rings is 1. The quantitative estimate of drug-likeness (QED) is 0.877. The summed E-state index contributed by atoms with van der Waals surface area (Å²) in [5, 5.41) is 0. The number of aromatic amines is 1. The van der Waals surface area contributed by atoms with Gasteiger partial charge in [0.25, 0.3) is 5.56 Å². The second-order valence-electron chi connectivity index (χ2n) is 4.59. The zero-order chi connectivity index (χ0) is 12.3. The van der Waals surface area contributed by atoms with Crippen LogP contribution in [-0.4, -0.2) is 9.97 Å². The predicted molar refractivity (Wildman–Crippen MR) is 68.8 cm³/mol. The average molecular weight is 228 g/mol. The summed E-state index contributed by atoms with van der Waals surface area (Å²) < 4.78 is 0. The highest BCUT2D eigenvalue weighted by Gasteiger charge is 2.02. The van der Waals surface area contributed by atoms with Gasteiger partial charge in [-0.05, 0) is 24.0 Å². The molecule has 1 aromatic carbocycles. The summed E-state index contributed by atoms with van der Waals surface area (Å²) in [6.45, 7) is 4.39. The monoisotopic (exact) mass is 228 g/mol. The largest absolute Gasteiger partial charge is 0.313 e. The van der Waals surface area contributed by atoms with Crippen LogP contribution in [0.5, 0.6) is 0 Å². The van der Waals surface area contributed by atoms with Crippen LogP contribution in [0.4, 0.5) is 0 Å². The second kappa shape index (κ2) is 4.95. The van der Waals surface area contributed by atoms with Crippen molar-refractivity contribution in [1.82, 2.24) is 9.97 Å². The Morgan fingerprint density at radius 1 is 1.29 bits per heavy atom. The second-order valence-corrected chi connectivity index (χ2v) is 4.59. The number of aromatic nitrogens is 2. The molecule has 1 aromatic heterocycles. The highest BCUT2D eigenvalue weighted by molar-refractivity contribution is 5.59. The first-order chi connectivity index (χ1) is 8.15. The molecule has 0 saturated heterocycles. The number of nitrogens with zero attached hydrogens (tertiary/aromatic N) is 1. The van der Waals surface area contributed by atoms with Crippen molar-refractivity contribution < 1.29 is 0 Å². The van der Waals surface area contributed by atoms with E-state index < -0.39 is 0 Å². The van der Waals surface area contributed by atoms with Crippen molar-refractivity contribution in [1.29, 1.82) is 0 Å². The Balaban J connectivity index is 2.36. The number of rotatable bonds is 3. The molecule has 3 nitrogen and oxygen atoms in total. The number of hydrogen-bond donors (Lipinski definition) is 1. The van der Waals surface area contributed by atoms with Crippen LogP contribution in [0.2, 0.25) is 0 Å². The van der Waals surface area contributed by atoms with Crippen LogP contribution in [0.25, 0.3) is 11.3 Å². The van der Waals surface area contributed by atoms with Gasteiger partial charge in [0.2, 0.25) is 0 Å². The average Bonchev–Trinajstić information content (AvgIpc) is 2.28. The van der Waals surface area contributed by atoms with E-state index in [1.165, 1.54) is 18.0 Å². The summed E-state index contributed by atoms with van der Waals surface area (Å²) in [4.78, 5) is 17.9. The maximum atomic E-state index is 11.2. The van der Waals surface area contributed by atoms with Crippen molar-refractivity contribution in [2.45, 2.75) is 20.3 Å². The van der Waals surface area contributed by atoms with Gasteiger partial charge in [0, 0.05) is 11.6 Å².